The molecule has 0 spiro atoms. The van der Waals surface area contributed by atoms with E-state index in [4.69, 9.17) is 11.6 Å². The van der Waals surface area contributed by atoms with Crippen LogP contribution in [0.5, 0.6) is 0 Å². The first-order valence-electron chi connectivity index (χ1n) is 4.60. The van der Waals surface area contributed by atoms with E-state index in [9.17, 15) is 0 Å². The number of halogens is 1. The standard InChI is InChI=1S/C9H12ClN3S/c10-5-8-6-11-7-9(12-8)13-1-3-14-4-2-13/h6-7H,1-5H2. The highest BCUT2D eigenvalue weighted by molar-refractivity contribution is 7.99. The molecule has 0 radical (unpaired) electrons. The highest BCUT2D eigenvalue weighted by Gasteiger charge is 2.12. The minimum Gasteiger partial charge on any atom is -0.354 e. The van der Waals surface area contributed by atoms with Crippen LogP contribution in [-0.2, 0) is 5.88 Å². The van der Waals surface area contributed by atoms with Gasteiger partial charge in [-0.3, -0.25) is 4.98 Å². The van der Waals surface area contributed by atoms with Gasteiger partial charge in [-0.25, -0.2) is 4.98 Å². The molecule has 0 bridgehead atoms. The third-order valence-corrected chi connectivity index (χ3v) is 3.36. The Labute approximate surface area is 92.9 Å². The Morgan fingerprint density at radius 3 is 2.86 bits per heavy atom. The molecule has 1 aliphatic rings. The second-order valence-electron chi connectivity index (χ2n) is 3.10. The number of aromatic nitrogens is 2. The van der Waals surface area contributed by atoms with Crippen LogP contribution in [0.3, 0.4) is 0 Å². The average Bonchev–Trinajstić information content (AvgIpc) is 2.30. The third kappa shape index (κ3) is 2.30. The molecule has 1 aromatic heterocycles. The fourth-order valence-electron chi connectivity index (χ4n) is 1.40. The Balaban J connectivity index is 2.13. The lowest BCUT2D eigenvalue weighted by Gasteiger charge is -2.27. The van der Waals surface area contributed by atoms with Crippen molar-refractivity contribution in [3.8, 4) is 0 Å². The number of hydrogen-bond acceptors (Lipinski definition) is 4. The summed E-state index contributed by atoms with van der Waals surface area (Å²) in [6.07, 6.45) is 3.53. The van der Waals surface area contributed by atoms with Crippen LogP contribution in [0, 0.1) is 0 Å². The van der Waals surface area contributed by atoms with Crippen LogP contribution in [0.25, 0.3) is 0 Å². The van der Waals surface area contributed by atoms with Crippen LogP contribution in [-0.4, -0.2) is 34.6 Å². The highest BCUT2D eigenvalue weighted by Crippen LogP contribution is 2.16. The maximum Gasteiger partial charge on any atom is 0.147 e. The first-order valence-corrected chi connectivity index (χ1v) is 6.28. The Hall–Kier alpha value is -0.480. The van der Waals surface area contributed by atoms with Gasteiger partial charge in [0.25, 0.3) is 0 Å². The summed E-state index contributed by atoms with van der Waals surface area (Å²) in [5.41, 5.74) is 0.849. The van der Waals surface area contributed by atoms with Crippen LogP contribution in [0.15, 0.2) is 12.4 Å². The number of thioether (sulfide) groups is 1. The molecular weight excluding hydrogens is 218 g/mol. The summed E-state index contributed by atoms with van der Waals surface area (Å²) in [5.74, 6) is 3.74. The van der Waals surface area contributed by atoms with Crippen molar-refractivity contribution in [3.05, 3.63) is 18.1 Å². The van der Waals surface area contributed by atoms with Crippen molar-refractivity contribution in [2.75, 3.05) is 29.5 Å². The molecule has 1 fully saturated rings. The zero-order valence-electron chi connectivity index (χ0n) is 7.82. The summed E-state index contributed by atoms with van der Waals surface area (Å²) in [5, 5.41) is 0. The molecule has 0 unspecified atom stereocenters. The fraction of sp³-hybridized carbons (Fsp3) is 0.556. The normalized spacial score (nSPS) is 17.1. The van der Waals surface area contributed by atoms with Crippen LogP contribution in [0.4, 0.5) is 5.82 Å². The Bertz CT molecular complexity index is 302. The van der Waals surface area contributed by atoms with Gasteiger partial charge < -0.3 is 4.90 Å². The van der Waals surface area contributed by atoms with Gasteiger partial charge in [0, 0.05) is 30.8 Å². The molecule has 0 aromatic carbocycles. The van der Waals surface area contributed by atoms with E-state index in [2.05, 4.69) is 14.9 Å². The maximum atomic E-state index is 5.71. The molecule has 1 aliphatic heterocycles. The monoisotopic (exact) mass is 229 g/mol. The number of anilines is 1. The lowest BCUT2D eigenvalue weighted by atomic mass is 10.4. The molecule has 2 rings (SSSR count). The van der Waals surface area contributed by atoms with Gasteiger partial charge in [0.15, 0.2) is 0 Å². The minimum atomic E-state index is 0.434. The SMILES string of the molecule is ClCc1cncc(N2CCSCC2)n1. The molecule has 3 nitrogen and oxygen atoms in total. The fourth-order valence-corrected chi connectivity index (χ4v) is 2.44. The van der Waals surface area contributed by atoms with Crippen molar-refractivity contribution >= 4 is 29.2 Å². The first-order chi connectivity index (χ1) is 6.90. The van der Waals surface area contributed by atoms with Crippen LogP contribution < -0.4 is 4.90 Å². The predicted molar refractivity (Wildman–Crippen MR) is 61.1 cm³/mol. The van der Waals surface area contributed by atoms with Crippen molar-refractivity contribution in [2.24, 2.45) is 0 Å². The summed E-state index contributed by atoms with van der Waals surface area (Å²) in [7, 11) is 0. The Kier molecular flexibility index (Phi) is 3.48. The molecule has 0 aliphatic carbocycles. The maximum absolute atomic E-state index is 5.71. The van der Waals surface area contributed by atoms with E-state index >= 15 is 0 Å². The lowest BCUT2D eigenvalue weighted by Crippen LogP contribution is -2.33. The molecule has 2 heterocycles. The molecule has 1 saturated heterocycles. The van der Waals surface area contributed by atoms with Crippen molar-refractivity contribution in [3.63, 3.8) is 0 Å². The molecular formula is C9H12ClN3S. The average molecular weight is 230 g/mol. The van der Waals surface area contributed by atoms with Gasteiger partial charge in [0.2, 0.25) is 0 Å². The number of alkyl halides is 1. The second kappa shape index (κ2) is 4.84. The zero-order chi connectivity index (χ0) is 9.80. The topological polar surface area (TPSA) is 29.0 Å². The summed E-state index contributed by atoms with van der Waals surface area (Å²) in [6, 6.07) is 0. The quantitative estimate of drug-likeness (QED) is 0.723. The van der Waals surface area contributed by atoms with Crippen molar-refractivity contribution in [1.29, 1.82) is 0 Å². The predicted octanol–water partition coefficient (Wildman–Crippen LogP) is 1.77. The van der Waals surface area contributed by atoms with Gasteiger partial charge in [-0.05, 0) is 0 Å². The number of nitrogens with zero attached hydrogens (tertiary/aromatic N) is 3. The smallest absolute Gasteiger partial charge is 0.147 e. The van der Waals surface area contributed by atoms with Crippen LogP contribution >= 0.6 is 23.4 Å². The van der Waals surface area contributed by atoms with E-state index in [-0.39, 0.29) is 0 Å². The molecule has 5 heteroatoms. The summed E-state index contributed by atoms with van der Waals surface area (Å²) in [4.78, 5) is 10.8. The molecule has 0 N–H and O–H groups in total. The molecule has 1 aromatic rings. The summed E-state index contributed by atoms with van der Waals surface area (Å²) in [6.45, 7) is 2.12. The third-order valence-electron chi connectivity index (χ3n) is 2.14. The molecule has 0 atom stereocenters. The van der Waals surface area contributed by atoms with Crippen molar-refractivity contribution in [2.45, 2.75) is 5.88 Å². The van der Waals surface area contributed by atoms with Gasteiger partial charge in [-0.1, -0.05) is 0 Å². The number of hydrogen-bond donors (Lipinski definition) is 0. The number of rotatable bonds is 2. The highest BCUT2D eigenvalue weighted by atomic mass is 35.5. The zero-order valence-corrected chi connectivity index (χ0v) is 9.39. The van der Waals surface area contributed by atoms with E-state index in [1.165, 1.54) is 11.5 Å². The molecule has 76 valence electrons. The molecule has 0 saturated carbocycles. The molecule has 0 amide bonds. The van der Waals surface area contributed by atoms with Gasteiger partial charge in [-0.2, -0.15) is 11.8 Å². The Morgan fingerprint density at radius 2 is 2.14 bits per heavy atom. The van der Waals surface area contributed by atoms with Gasteiger partial charge in [0.05, 0.1) is 17.8 Å². The largest absolute Gasteiger partial charge is 0.354 e. The van der Waals surface area contributed by atoms with E-state index in [1.54, 1.807) is 6.20 Å². The first kappa shape index (κ1) is 10.1. The van der Waals surface area contributed by atoms with Crippen molar-refractivity contribution < 1.29 is 0 Å². The lowest BCUT2D eigenvalue weighted by molar-refractivity contribution is 0.828. The van der Waals surface area contributed by atoms with Crippen molar-refractivity contribution in [1.82, 2.24) is 9.97 Å². The second-order valence-corrected chi connectivity index (χ2v) is 4.59. The molecule has 14 heavy (non-hydrogen) atoms. The van der Waals surface area contributed by atoms with Gasteiger partial charge in [-0.15, -0.1) is 11.6 Å². The van der Waals surface area contributed by atoms with Gasteiger partial charge in [0.1, 0.15) is 5.82 Å². The summed E-state index contributed by atoms with van der Waals surface area (Å²) < 4.78 is 0. The van der Waals surface area contributed by atoms with E-state index in [0.717, 1.165) is 24.6 Å². The summed E-state index contributed by atoms with van der Waals surface area (Å²) >= 11 is 7.70. The van der Waals surface area contributed by atoms with E-state index in [0.29, 0.717) is 5.88 Å². The van der Waals surface area contributed by atoms with Crippen LogP contribution in [0.2, 0.25) is 0 Å². The van der Waals surface area contributed by atoms with Crippen LogP contribution in [0.1, 0.15) is 5.69 Å². The van der Waals surface area contributed by atoms with E-state index < -0.39 is 0 Å². The van der Waals surface area contributed by atoms with E-state index in [1.807, 2.05) is 18.0 Å². The minimum absolute atomic E-state index is 0.434. The Morgan fingerprint density at radius 1 is 1.36 bits per heavy atom. The van der Waals surface area contributed by atoms with Gasteiger partial charge >= 0.3 is 0 Å².